The summed E-state index contributed by atoms with van der Waals surface area (Å²) in [5.41, 5.74) is 3.64. The summed E-state index contributed by atoms with van der Waals surface area (Å²) in [7, 11) is 0. The molecule has 2 aromatic rings. The smallest absolute Gasteiger partial charge is 0.248 e. The van der Waals surface area contributed by atoms with Crippen molar-refractivity contribution in [2.75, 3.05) is 18.5 Å². The Balaban J connectivity index is 1.46. The van der Waals surface area contributed by atoms with Crippen LogP contribution in [0.4, 0.5) is 5.69 Å². The number of thioether (sulfide) groups is 1. The van der Waals surface area contributed by atoms with Gasteiger partial charge in [-0.2, -0.15) is 0 Å². The number of aryl methyl sites for hydroxylation is 2. The van der Waals surface area contributed by atoms with Crippen LogP contribution in [-0.2, 0) is 20.9 Å². The lowest BCUT2D eigenvalue weighted by Crippen LogP contribution is -2.52. The molecule has 3 aliphatic rings. The number of nitrogens with zero attached hydrogens (tertiary/aromatic N) is 1. The number of carbonyl (C=O) groups is 3. The molecule has 36 heavy (non-hydrogen) atoms. The van der Waals surface area contributed by atoms with Gasteiger partial charge in [0.2, 0.25) is 17.7 Å². The number of likely N-dealkylation sites (tertiary alicyclic amines) is 1. The van der Waals surface area contributed by atoms with Crippen LogP contribution in [0.2, 0.25) is 0 Å². The Bertz CT molecular complexity index is 1180. The van der Waals surface area contributed by atoms with Crippen molar-refractivity contribution in [2.24, 2.45) is 11.8 Å². The monoisotopic (exact) mass is 507 g/mol. The largest absolute Gasteiger partial charge is 0.395 e. The molecule has 3 N–H and O–H groups in total. The molecule has 0 radical (unpaired) electrons. The third-order valence-electron chi connectivity index (χ3n) is 8.19. The van der Waals surface area contributed by atoms with E-state index in [0.717, 1.165) is 28.8 Å². The second-order valence-electron chi connectivity index (χ2n) is 10.4. The summed E-state index contributed by atoms with van der Waals surface area (Å²) in [6.45, 7) is 6.16. The van der Waals surface area contributed by atoms with Gasteiger partial charge in [-0.05, 0) is 50.3 Å². The summed E-state index contributed by atoms with van der Waals surface area (Å²) >= 11 is 1.63. The van der Waals surface area contributed by atoms with Crippen LogP contribution in [0.1, 0.15) is 36.5 Å². The zero-order valence-corrected chi connectivity index (χ0v) is 21.7. The van der Waals surface area contributed by atoms with E-state index in [-0.39, 0.29) is 30.9 Å². The van der Waals surface area contributed by atoms with Gasteiger partial charge in [-0.15, -0.1) is 11.8 Å². The molecule has 1 spiro atoms. The number of carbonyl (C=O) groups excluding carboxylic acids is 3. The summed E-state index contributed by atoms with van der Waals surface area (Å²) in [5.74, 6) is -1.74. The van der Waals surface area contributed by atoms with Gasteiger partial charge >= 0.3 is 0 Å². The Morgan fingerprint density at radius 1 is 1.06 bits per heavy atom. The predicted octanol–water partition coefficient (Wildman–Crippen LogP) is 3.03. The third kappa shape index (κ3) is 3.82. The number of rotatable bonds is 7. The van der Waals surface area contributed by atoms with E-state index in [2.05, 4.69) is 17.6 Å². The highest BCUT2D eigenvalue weighted by molar-refractivity contribution is 8.02. The zero-order chi connectivity index (χ0) is 25.7. The lowest BCUT2D eigenvalue weighted by atomic mass is 9.66. The van der Waals surface area contributed by atoms with Gasteiger partial charge in [0.15, 0.2) is 0 Å². The first-order valence-electron chi connectivity index (χ1n) is 12.5. The number of amides is 3. The Labute approximate surface area is 216 Å². The number of fused-ring (bicyclic) bond motifs is 1. The normalized spacial score (nSPS) is 30.4. The lowest BCUT2D eigenvalue weighted by molar-refractivity contribution is -0.140. The first-order valence-corrected chi connectivity index (χ1v) is 13.3. The van der Waals surface area contributed by atoms with E-state index < -0.39 is 27.4 Å². The fourth-order valence-electron chi connectivity index (χ4n) is 6.57. The van der Waals surface area contributed by atoms with Crippen molar-refractivity contribution in [1.29, 1.82) is 0 Å². The molecule has 8 heteroatoms. The van der Waals surface area contributed by atoms with Crippen molar-refractivity contribution in [3.8, 4) is 0 Å². The summed E-state index contributed by atoms with van der Waals surface area (Å²) < 4.78 is -1.13. The molecule has 0 saturated carbocycles. The van der Waals surface area contributed by atoms with Crippen LogP contribution in [-0.4, -0.2) is 56.4 Å². The van der Waals surface area contributed by atoms with Crippen molar-refractivity contribution in [1.82, 2.24) is 10.2 Å². The minimum absolute atomic E-state index is 0.0670. The molecule has 3 fully saturated rings. The summed E-state index contributed by atoms with van der Waals surface area (Å²) in [5, 5.41) is 15.9. The number of para-hydroxylation sites is 1. The molecular weight excluding hydrogens is 474 g/mol. The fourth-order valence-corrected chi connectivity index (χ4v) is 8.93. The number of benzene rings is 2. The van der Waals surface area contributed by atoms with Gasteiger partial charge in [0.25, 0.3) is 0 Å². The van der Waals surface area contributed by atoms with Crippen LogP contribution >= 0.6 is 11.8 Å². The molecular formula is C28H33N3O4S. The molecule has 3 saturated heterocycles. The average Bonchev–Trinajstić information content (AvgIpc) is 3.42. The molecule has 2 unspecified atom stereocenters. The molecule has 2 aromatic carbocycles. The standard InChI is InChI=1S/C28H33N3O4S/c1-17-8-7-9-18(2)22(17)30-25(34)23-28-13-12-27(3,36-28)20(21(28)26(35)31(23)14-15-32)24(33)29-16-19-10-5-4-6-11-19/h4-11,20-21,23,32H,12-16H2,1-3H3,(H,29,33)(H,30,34)/t20-,21+,23?,27+,28?/m1/s1. The highest BCUT2D eigenvalue weighted by Crippen LogP contribution is 2.71. The minimum Gasteiger partial charge on any atom is -0.395 e. The molecule has 3 aliphatic heterocycles. The van der Waals surface area contributed by atoms with Crippen LogP contribution in [0.3, 0.4) is 0 Å². The number of aliphatic hydroxyl groups is 1. The van der Waals surface area contributed by atoms with Gasteiger partial charge in [-0.3, -0.25) is 14.4 Å². The molecule has 7 nitrogen and oxygen atoms in total. The Morgan fingerprint density at radius 2 is 1.75 bits per heavy atom. The number of hydrogen-bond donors (Lipinski definition) is 3. The molecule has 2 bridgehead atoms. The van der Waals surface area contributed by atoms with Crippen molar-refractivity contribution in [3.05, 3.63) is 65.2 Å². The minimum atomic E-state index is -0.750. The van der Waals surface area contributed by atoms with E-state index in [1.54, 1.807) is 11.8 Å². The van der Waals surface area contributed by atoms with Gasteiger partial charge in [0.1, 0.15) is 6.04 Å². The topological polar surface area (TPSA) is 98.7 Å². The van der Waals surface area contributed by atoms with Crippen molar-refractivity contribution in [3.63, 3.8) is 0 Å². The number of hydrogen-bond acceptors (Lipinski definition) is 5. The average molecular weight is 508 g/mol. The van der Waals surface area contributed by atoms with Crippen molar-refractivity contribution < 1.29 is 19.5 Å². The highest BCUT2D eigenvalue weighted by atomic mass is 32.2. The first-order chi connectivity index (χ1) is 17.2. The molecule has 190 valence electrons. The second-order valence-corrected chi connectivity index (χ2v) is 12.3. The van der Waals surface area contributed by atoms with Gasteiger partial charge in [0.05, 0.1) is 23.2 Å². The van der Waals surface area contributed by atoms with Gasteiger partial charge in [0, 0.05) is 23.5 Å². The number of anilines is 1. The van der Waals surface area contributed by atoms with Gasteiger partial charge < -0.3 is 20.6 Å². The summed E-state index contributed by atoms with van der Waals surface area (Å²) in [6, 6.07) is 14.8. The van der Waals surface area contributed by atoms with Crippen LogP contribution in [0.5, 0.6) is 0 Å². The summed E-state index contributed by atoms with van der Waals surface area (Å²) in [6.07, 6.45) is 1.44. The van der Waals surface area contributed by atoms with E-state index >= 15 is 0 Å². The van der Waals surface area contributed by atoms with E-state index in [4.69, 9.17) is 0 Å². The molecule has 5 atom stereocenters. The highest BCUT2D eigenvalue weighted by Gasteiger charge is 2.77. The fraction of sp³-hybridized carbons (Fsp3) is 0.464. The number of nitrogens with one attached hydrogen (secondary N) is 2. The van der Waals surface area contributed by atoms with E-state index in [1.165, 1.54) is 4.90 Å². The zero-order valence-electron chi connectivity index (χ0n) is 20.9. The SMILES string of the molecule is Cc1cccc(C)c1NC(=O)C1N(CCO)C(=O)[C@@H]2[C@H](C(=O)NCc3ccccc3)[C@]3(C)CCC12S3. The molecule has 0 aromatic heterocycles. The Morgan fingerprint density at radius 3 is 2.42 bits per heavy atom. The van der Waals surface area contributed by atoms with Crippen LogP contribution in [0.15, 0.2) is 48.5 Å². The first kappa shape index (κ1) is 24.8. The maximum Gasteiger partial charge on any atom is 0.248 e. The molecule has 3 amide bonds. The number of aliphatic hydroxyl groups excluding tert-OH is 1. The van der Waals surface area contributed by atoms with Gasteiger partial charge in [-0.1, -0.05) is 48.5 Å². The van der Waals surface area contributed by atoms with E-state index in [9.17, 15) is 19.5 Å². The van der Waals surface area contributed by atoms with E-state index in [1.807, 2.05) is 62.4 Å². The maximum atomic E-state index is 13.9. The molecule has 5 rings (SSSR count). The maximum absolute atomic E-state index is 13.9. The predicted molar refractivity (Wildman–Crippen MR) is 140 cm³/mol. The lowest BCUT2D eigenvalue weighted by Gasteiger charge is -2.35. The Hall–Kier alpha value is -2.84. The van der Waals surface area contributed by atoms with Crippen molar-refractivity contribution >= 4 is 35.2 Å². The third-order valence-corrected chi connectivity index (χ3v) is 10.2. The second kappa shape index (κ2) is 9.23. The van der Waals surface area contributed by atoms with Crippen molar-refractivity contribution in [2.45, 2.75) is 55.7 Å². The molecule has 0 aliphatic carbocycles. The summed E-state index contributed by atoms with van der Waals surface area (Å²) in [4.78, 5) is 42.8. The van der Waals surface area contributed by atoms with E-state index in [0.29, 0.717) is 13.0 Å². The van der Waals surface area contributed by atoms with Crippen LogP contribution in [0.25, 0.3) is 0 Å². The van der Waals surface area contributed by atoms with Crippen LogP contribution in [0, 0.1) is 25.7 Å². The number of β-amino-alcohol motifs (C(OH)–C–C–N with tert-alkyl or cyclic N) is 1. The molecule has 3 heterocycles. The van der Waals surface area contributed by atoms with Crippen LogP contribution < -0.4 is 10.6 Å². The Kier molecular flexibility index (Phi) is 6.37. The quantitative estimate of drug-likeness (QED) is 0.535. The van der Waals surface area contributed by atoms with Gasteiger partial charge in [-0.25, -0.2) is 0 Å².